The molecule has 3 aromatic rings. The van der Waals surface area contributed by atoms with Crippen LogP contribution in [0.15, 0.2) is 39.9 Å². The Morgan fingerprint density at radius 1 is 1.32 bits per heavy atom. The minimum Gasteiger partial charge on any atom is -0.295 e. The SMILES string of the molecule is O=c1onc(-c2ncccn2)n1Cc1ccc(Cl)s1. The van der Waals surface area contributed by atoms with Gasteiger partial charge < -0.3 is 0 Å². The van der Waals surface area contributed by atoms with Crippen molar-refractivity contribution in [1.82, 2.24) is 19.7 Å². The first-order valence-electron chi connectivity index (χ1n) is 5.32. The van der Waals surface area contributed by atoms with Crippen LogP contribution < -0.4 is 5.76 Å². The van der Waals surface area contributed by atoms with E-state index in [4.69, 9.17) is 11.6 Å². The molecule has 0 N–H and O–H groups in total. The largest absolute Gasteiger partial charge is 0.442 e. The zero-order valence-electron chi connectivity index (χ0n) is 9.49. The smallest absolute Gasteiger partial charge is 0.295 e. The molecule has 0 aliphatic carbocycles. The molecule has 0 saturated carbocycles. The van der Waals surface area contributed by atoms with Gasteiger partial charge in [-0.1, -0.05) is 16.8 Å². The predicted molar refractivity (Wildman–Crippen MR) is 70.2 cm³/mol. The van der Waals surface area contributed by atoms with Crippen LogP contribution in [0.4, 0.5) is 0 Å². The number of rotatable bonds is 3. The molecule has 0 fully saturated rings. The van der Waals surface area contributed by atoms with Crippen LogP contribution in [-0.4, -0.2) is 19.7 Å². The van der Waals surface area contributed by atoms with Gasteiger partial charge in [0.15, 0.2) is 5.82 Å². The fourth-order valence-electron chi connectivity index (χ4n) is 1.58. The summed E-state index contributed by atoms with van der Waals surface area (Å²) < 4.78 is 6.71. The Bertz CT molecular complexity index is 749. The molecule has 0 amide bonds. The van der Waals surface area contributed by atoms with Crippen LogP contribution in [0.5, 0.6) is 0 Å². The quantitative estimate of drug-likeness (QED) is 0.739. The van der Waals surface area contributed by atoms with Crippen LogP contribution in [0.2, 0.25) is 4.34 Å². The summed E-state index contributed by atoms with van der Waals surface area (Å²) in [6.07, 6.45) is 3.15. The second kappa shape index (κ2) is 4.94. The van der Waals surface area contributed by atoms with Crippen LogP contribution in [-0.2, 0) is 6.54 Å². The van der Waals surface area contributed by atoms with Crippen molar-refractivity contribution in [2.45, 2.75) is 6.54 Å². The highest BCUT2D eigenvalue weighted by Crippen LogP contribution is 2.22. The summed E-state index contributed by atoms with van der Waals surface area (Å²) in [6.45, 7) is 0.327. The monoisotopic (exact) mass is 294 g/mol. The maximum absolute atomic E-state index is 11.7. The van der Waals surface area contributed by atoms with Crippen molar-refractivity contribution in [3.05, 3.63) is 50.4 Å². The standard InChI is InChI=1S/C11H7ClN4O2S/c12-8-3-2-7(19-8)6-16-10(15-18-11(16)17)9-13-4-1-5-14-9/h1-5H,6H2. The Kier molecular flexibility index (Phi) is 3.14. The fraction of sp³-hybridized carbons (Fsp3) is 0.0909. The van der Waals surface area contributed by atoms with Gasteiger partial charge in [0, 0.05) is 17.3 Å². The van der Waals surface area contributed by atoms with E-state index in [1.807, 2.05) is 6.07 Å². The van der Waals surface area contributed by atoms with Gasteiger partial charge in [0.05, 0.1) is 10.9 Å². The Hall–Kier alpha value is -1.99. The van der Waals surface area contributed by atoms with Gasteiger partial charge in [-0.15, -0.1) is 11.3 Å². The van der Waals surface area contributed by atoms with Crippen molar-refractivity contribution in [3.8, 4) is 11.6 Å². The van der Waals surface area contributed by atoms with Gasteiger partial charge in [0.1, 0.15) is 0 Å². The number of hydrogen-bond donors (Lipinski definition) is 0. The molecule has 3 aromatic heterocycles. The molecule has 0 aromatic carbocycles. The van der Waals surface area contributed by atoms with Crippen LogP contribution >= 0.6 is 22.9 Å². The summed E-state index contributed by atoms with van der Waals surface area (Å²) in [7, 11) is 0. The lowest BCUT2D eigenvalue weighted by Crippen LogP contribution is -2.16. The van der Waals surface area contributed by atoms with Gasteiger partial charge in [0.2, 0.25) is 5.82 Å². The molecule has 19 heavy (non-hydrogen) atoms. The Balaban J connectivity index is 2.02. The molecule has 0 bridgehead atoms. The third-order valence-electron chi connectivity index (χ3n) is 2.39. The molecule has 8 heteroatoms. The van der Waals surface area contributed by atoms with E-state index in [1.54, 1.807) is 24.5 Å². The van der Waals surface area contributed by atoms with Crippen LogP contribution in [0.1, 0.15) is 4.88 Å². The lowest BCUT2D eigenvalue weighted by Gasteiger charge is -2.00. The number of halogens is 1. The molecule has 0 atom stereocenters. The van der Waals surface area contributed by atoms with Crippen molar-refractivity contribution < 1.29 is 4.52 Å². The zero-order chi connectivity index (χ0) is 13.2. The number of thiophene rings is 1. The molecule has 3 heterocycles. The maximum Gasteiger partial charge on any atom is 0.442 e. The van der Waals surface area contributed by atoms with Crippen LogP contribution in [0.3, 0.4) is 0 Å². The Morgan fingerprint density at radius 2 is 2.11 bits per heavy atom. The number of aromatic nitrogens is 4. The van der Waals surface area contributed by atoms with E-state index < -0.39 is 5.76 Å². The summed E-state index contributed by atoms with van der Waals surface area (Å²) in [5, 5.41) is 3.71. The lowest BCUT2D eigenvalue weighted by atomic mass is 10.4. The highest BCUT2D eigenvalue weighted by atomic mass is 35.5. The minimum atomic E-state index is -0.549. The molecular formula is C11H7ClN4O2S. The fourth-order valence-corrected chi connectivity index (χ4v) is 2.65. The Morgan fingerprint density at radius 3 is 2.79 bits per heavy atom. The zero-order valence-corrected chi connectivity index (χ0v) is 11.1. The van der Waals surface area contributed by atoms with Crippen molar-refractivity contribution in [1.29, 1.82) is 0 Å². The summed E-state index contributed by atoms with van der Waals surface area (Å²) in [4.78, 5) is 20.7. The average Bonchev–Trinajstić information content (AvgIpc) is 2.99. The van der Waals surface area contributed by atoms with Crippen molar-refractivity contribution >= 4 is 22.9 Å². The van der Waals surface area contributed by atoms with Crippen LogP contribution in [0.25, 0.3) is 11.6 Å². The van der Waals surface area contributed by atoms with Crippen LogP contribution in [0, 0.1) is 0 Å². The molecule has 0 aliphatic heterocycles. The van der Waals surface area contributed by atoms with E-state index in [0.717, 1.165) is 4.88 Å². The van der Waals surface area contributed by atoms with Gasteiger partial charge >= 0.3 is 5.76 Å². The third-order valence-corrected chi connectivity index (χ3v) is 3.61. The number of nitrogens with zero attached hydrogens (tertiary/aromatic N) is 4. The first-order valence-corrected chi connectivity index (χ1v) is 6.51. The van der Waals surface area contributed by atoms with Crippen molar-refractivity contribution in [3.63, 3.8) is 0 Å². The molecule has 0 unspecified atom stereocenters. The molecule has 3 rings (SSSR count). The predicted octanol–water partition coefficient (Wildman–Crippen LogP) is 2.06. The molecular weight excluding hydrogens is 288 g/mol. The molecule has 0 saturated heterocycles. The third kappa shape index (κ3) is 2.42. The van der Waals surface area contributed by atoms with Gasteiger partial charge in [-0.25, -0.2) is 19.3 Å². The van der Waals surface area contributed by atoms with Gasteiger partial charge in [-0.05, 0) is 18.2 Å². The molecule has 0 radical (unpaired) electrons. The van der Waals surface area contributed by atoms with Gasteiger partial charge in [-0.2, -0.15) is 0 Å². The van der Waals surface area contributed by atoms with E-state index in [0.29, 0.717) is 22.5 Å². The molecule has 0 spiro atoms. The van der Waals surface area contributed by atoms with E-state index in [-0.39, 0.29) is 0 Å². The van der Waals surface area contributed by atoms with Gasteiger partial charge in [0.25, 0.3) is 0 Å². The summed E-state index contributed by atoms with van der Waals surface area (Å²) >= 11 is 7.26. The number of hydrogen-bond acceptors (Lipinski definition) is 6. The first-order chi connectivity index (χ1) is 9.24. The van der Waals surface area contributed by atoms with E-state index in [9.17, 15) is 4.79 Å². The lowest BCUT2D eigenvalue weighted by molar-refractivity contribution is 0.378. The second-order valence-electron chi connectivity index (χ2n) is 3.64. The second-order valence-corrected chi connectivity index (χ2v) is 5.44. The molecule has 6 nitrogen and oxygen atoms in total. The maximum atomic E-state index is 11.7. The van der Waals surface area contributed by atoms with Gasteiger partial charge in [-0.3, -0.25) is 4.52 Å². The normalized spacial score (nSPS) is 10.8. The summed E-state index contributed by atoms with van der Waals surface area (Å²) in [6, 6.07) is 5.31. The topological polar surface area (TPSA) is 73.8 Å². The first kappa shape index (κ1) is 12.1. The molecule has 96 valence electrons. The highest BCUT2D eigenvalue weighted by Gasteiger charge is 2.15. The summed E-state index contributed by atoms with van der Waals surface area (Å²) in [5.41, 5.74) is 0. The average molecular weight is 295 g/mol. The summed E-state index contributed by atoms with van der Waals surface area (Å²) in [5.74, 6) is 0.0955. The minimum absolute atomic E-state index is 0.301. The van der Waals surface area contributed by atoms with Crippen molar-refractivity contribution in [2.24, 2.45) is 0 Å². The Labute approximate surface area is 116 Å². The van der Waals surface area contributed by atoms with Crippen molar-refractivity contribution in [2.75, 3.05) is 0 Å². The van der Waals surface area contributed by atoms with E-state index >= 15 is 0 Å². The highest BCUT2D eigenvalue weighted by molar-refractivity contribution is 7.16. The molecule has 0 aliphatic rings. The van der Waals surface area contributed by atoms with E-state index in [2.05, 4.69) is 19.6 Å². The van der Waals surface area contributed by atoms with E-state index in [1.165, 1.54) is 15.9 Å².